The van der Waals surface area contributed by atoms with Gasteiger partial charge in [0.05, 0.1) is 20.0 Å². The largest absolute Gasteiger partial charge is 0.469 e. The van der Waals surface area contributed by atoms with Gasteiger partial charge in [-0.25, -0.2) is 0 Å². The first-order chi connectivity index (χ1) is 11.5. The highest BCUT2D eigenvalue weighted by atomic mass is 35.5. The molecule has 0 N–H and O–H groups in total. The Labute approximate surface area is 146 Å². The summed E-state index contributed by atoms with van der Waals surface area (Å²) < 4.78 is 4.53. The van der Waals surface area contributed by atoms with E-state index in [1.165, 1.54) is 7.11 Å². The van der Waals surface area contributed by atoms with E-state index in [2.05, 4.69) is 4.74 Å². The highest BCUT2D eigenvalue weighted by Crippen LogP contribution is 2.13. The van der Waals surface area contributed by atoms with Crippen LogP contribution in [0.1, 0.15) is 18.4 Å². The van der Waals surface area contributed by atoms with Gasteiger partial charge < -0.3 is 14.5 Å². The second-order valence-corrected chi connectivity index (χ2v) is 6.08. The Morgan fingerprint density at radius 1 is 1.04 bits per heavy atom. The van der Waals surface area contributed by atoms with E-state index in [4.69, 9.17) is 11.6 Å². The molecule has 0 spiro atoms. The zero-order valence-electron chi connectivity index (χ0n) is 13.7. The molecule has 1 fully saturated rings. The molecule has 0 aromatic heterocycles. The normalized spacial score (nSPS) is 14.4. The van der Waals surface area contributed by atoms with Crippen LogP contribution in [-0.2, 0) is 25.5 Å². The van der Waals surface area contributed by atoms with Gasteiger partial charge in [0.25, 0.3) is 0 Å². The minimum absolute atomic E-state index is 0.0268. The summed E-state index contributed by atoms with van der Waals surface area (Å²) >= 11 is 5.93. The lowest BCUT2D eigenvalue weighted by Crippen LogP contribution is -2.51. The maximum Gasteiger partial charge on any atom is 0.306 e. The fourth-order valence-corrected chi connectivity index (χ4v) is 2.82. The molecule has 0 radical (unpaired) electrons. The number of hydrogen-bond donors (Lipinski definition) is 0. The van der Waals surface area contributed by atoms with E-state index in [-0.39, 0.29) is 24.7 Å². The molecule has 0 saturated carbocycles. The molecule has 1 aliphatic heterocycles. The van der Waals surface area contributed by atoms with Crippen LogP contribution in [-0.4, -0.2) is 60.9 Å². The molecule has 0 bridgehead atoms. The minimum Gasteiger partial charge on any atom is -0.469 e. The van der Waals surface area contributed by atoms with Gasteiger partial charge in [-0.3, -0.25) is 14.4 Å². The Kier molecular flexibility index (Phi) is 6.61. The van der Waals surface area contributed by atoms with Crippen LogP contribution in [0.5, 0.6) is 0 Å². The highest BCUT2D eigenvalue weighted by molar-refractivity contribution is 6.30. The van der Waals surface area contributed by atoms with Gasteiger partial charge in [-0.2, -0.15) is 0 Å². The van der Waals surface area contributed by atoms with Crippen molar-refractivity contribution in [3.8, 4) is 0 Å². The van der Waals surface area contributed by atoms with Crippen LogP contribution in [0.15, 0.2) is 24.3 Å². The monoisotopic (exact) mass is 352 g/mol. The second kappa shape index (κ2) is 8.68. The first-order valence-electron chi connectivity index (χ1n) is 7.86. The zero-order chi connectivity index (χ0) is 17.5. The molecule has 0 atom stereocenters. The van der Waals surface area contributed by atoms with Crippen LogP contribution in [0.3, 0.4) is 0 Å². The summed E-state index contributed by atoms with van der Waals surface area (Å²) in [6, 6.07) is 7.25. The molecule has 0 unspecified atom stereocenters. The first kappa shape index (κ1) is 18.3. The molecule has 2 rings (SSSR count). The van der Waals surface area contributed by atoms with Gasteiger partial charge in [-0.1, -0.05) is 23.7 Å². The van der Waals surface area contributed by atoms with E-state index in [1.807, 2.05) is 12.1 Å². The Morgan fingerprint density at radius 3 is 2.25 bits per heavy atom. The number of ether oxygens (including phenoxy) is 1. The Balaban J connectivity index is 1.78. The first-order valence-corrected chi connectivity index (χ1v) is 8.24. The molecule has 24 heavy (non-hydrogen) atoms. The molecule has 130 valence electrons. The molecule has 1 aromatic rings. The Morgan fingerprint density at radius 2 is 1.67 bits per heavy atom. The fourth-order valence-electron chi connectivity index (χ4n) is 2.61. The molecule has 7 heteroatoms. The molecule has 1 aromatic carbocycles. The summed E-state index contributed by atoms with van der Waals surface area (Å²) in [6.45, 7) is 1.98. The quantitative estimate of drug-likeness (QED) is 0.753. The van der Waals surface area contributed by atoms with Crippen LogP contribution >= 0.6 is 11.6 Å². The predicted octanol–water partition coefficient (Wildman–Crippen LogP) is 1.51. The summed E-state index contributed by atoms with van der Waals surface area (Å²) in [5.74, 6) is -0.444. The third-order valence-electron chi connectivity index (χ3n) is 4.00. The number of carbonyl (C=O) groups is 3. The van der Waals surface area contributed by atoms with Gasteiger partial charge in [0.15, 0.2) is 0 Å². The Bertz CT molecular complexity index is 612. The molecule has 1 aliphatic rings. The van der Waals surface area contributed by atoms with Crippen molar-refractivity contribution in [3.05, 3.63) is 34.9 Å². The van der Waals surface area contributed by atoms with Crippen molar-refractivity contribution in [2.45, 2.75) is 19.3 Å². The highest BCUT2D eigenvalue weighted by Gasteiger charge is 2.24. The van der Waals surface area contributed by atoms with Crippen LogP contribution in [0.2, 0.25) is 5.02 Å². The van der Waals surface area contributed by atoms with Crippen molar-refractivity contribution >= 4 is 29.4 Å². The number of halogens is 1. The second-order valence-electron chi connectivity index (χ2n) is 5.64. The van der Waals surface area contributed by atoms with Gasteiger partial charge in [-0.05, 0) is 17.7 Å². The molecule has 1 saturated heterocycles. The summed E-state index contributed by atoms with van der Waals surface area (Å²) in [6.07, 6.45) is 0.531. The van der Waals surface area contributed by atoms with Gasteiger partial charge in [0.2, 0.25) is 11.8 Å². The maximum atomic E-state index is 12.3. The van der Waals surface area contributed by atoms with E-state index in [0.717, 1.165) is 5.56 Å². The molecule has 6 nitrogen and oxygen atoms in total. The van der Waals surface area contributed by atoms with Crippen LogP contribution < -0.4 is 0 Å². The minimum atomic E-state index is -0.390. The molecular weight excluding hydrogens is 332 g/mol. The topological polar surface area (TPSA) is 66.9 Å². The van der Waals surface area contributed by atoms with Crippen molar-refractivity contribution in [1.82, 2.24) is 9.80 Å². The van der Waals surface area contributed by atoms with E-state index < -0.39 is 5.97 Å². The SMILES string of the molecule is COC(=O)CCC(=O)N1CCN(C(=O)Cc2cccc(Cl)c2)CC1. The van der Waals surface area contributed by atoms with Gasteiger partial charge in [0, 0.05) is 37.6 Å². The smallest absolute Gasteiger partial charge is 0.306 e. The molecular formula is C17H21ClN2O4. The number of benzene rings is 1. The number of esters is 1. The van der Waals surface area contributed by atoms with E-state index in [0.29, 0.717) is 37.6 Å². The summed E-state index contributed by atoms with van der Waals surface area (Å²) in [5.41, 5.74) is 0.879. The number of hydrogen-bond acceptors (Lipinski definition) is 4. The fraction of sp³-hybridized carbons (Fsp3) is 0.471. The number of amides is 2. The lowest BCUT2D eigenvalue weighted by molar-refractivity contribution is -0.144. The van der Waals surface area contributed by atoms with E-state index in [9.17, 15) is 14.4 Å². The van der Waals surface area contributed by atoms with Crippen molar-refractivity contribution < 1.29 is 19.1 Å². The zero-order valence-corrected chi connectivity index (χ0v) is 14.4. The number of rotatable bonds is 5. The van der Waals surface area contributed by atoms with E-state index in [1.54, 1.807) is 21.9 Å². The summed E-state index contributed by atoms with van der Waals surface area (Å²) in [5, 5.41) is 0.612. The standard InChI is InChI=1S/C17H21ClN2O4/c1-24-17(23)6-5-15(21)19-7-9-20(10-8-19)16(22)12-13-3-2-4-14(18)11-13/h2-4,11H,5-10,12H2,1H3. The third-order valence-corrected chi connectivity index (χ3v) is 4.24. The molecule has 1 heterocycles. The van der Waals surface area contributed by atoms with Gasteiger partial charge in [0.1, 0.15) is 0 Å². The van der Waals surface area contributed by atoms with Crippen molar-refractivity contribution in [2.75, 3.05) is 33.3 Å². The lowest BCUT2D eigenvalue weighted by atomic mass is 10.1. The van der Waals surface area contributed by atoms with Crippen molar-refractivity contribution in [3.63, 3.8) is 0 Å². The predicted molar refractivity (Wildman–Crippen MR) is 89.6 cm³/mol. The van der Waals surface area contributed by atoms with Crippen molar-refractivity contribution in [1.29, 1.82) is 0 Å². The molecule has 2 amide bonds. The lowest BCUT2D eigenvalue weighted by Gasteiger charge is -2.35. The van der Waals surface area contributed by atoms with Crippen LogP contribution in [0, 0.1) is 0 Å². The summed E-state index contributed by atoms with van der Waals surface area (Å²) in [4.78, 5) is 38.9. The third kappa shape index (κ3) is 5.23. The number of methoxy groups -OCH3 is 1. The average Bonchev–Trinajstić information content (AvgIpc) is 2.59. The van der Waals surface area contributed by atoms with Crippen LogP contribution in [0.25, 0.3) is 0 Å². The Hall–Kier alpha value is -2.08. The summed E-state index contributed by atoms with van der Waals surface area (Å²) in [7, 11) is 1.30. The van der Waals surface area contributed by atoms with Gasteiger partial charge >= 0.3 is 5.97 Å². The average molecular weight is 353 g/mol. The number of nitrogens with zero attached hydrogens (tertiary/aromatic N) is 2. The number of carbonyl (C=O) groups excluding carboxylic acids is 3. The van der Waals surface area contributed by atoms with Crippen molar-refractivity contribution in [2.24, 2.45) is 0 Å². The maximum absolute atomic E-state index is 12.3. The number of piperazine rings is 1. The van der Waals surface area contributed by atoms with Crippen LogP contribution in [0.4, 0.5) is 0 Å². The van der Waals surface area contributed by atoms with Gasteiger partial charge in [-0.15, -0.1) is 0 Å². The van der Waals surface area contributed by atoms with E-state index >= 15 is 0 Å². The molecule has 0 aliphatic carbocycles.